The fourth-order valence-corrected chi connectivity index (χ4v) is 1.99. The summed E-state index contributed by atoms with van der Waals surface area (Å²) in [7, 11) is 0. The van der Waals surface area contributed by atoms with Crippen molar-refractivity contribution in [2.75, 3.05) is 5.73 Å². The Balaban J connectivity index is 1.97. The second-order valence-corrected chi connectivity index (χ2v) is 5.14. The summed E-state index contributed by atoms with van der Waals surface area (Å²) in [5.41, 5.74) is 6.77. The maximum atomic E-state index is 5.86. The molecule has 0 saturated carbocycles. The number of nitrogens with zero attached hydrogens (tertiary/aromatic N) is 2. The molecular formula is C15H15N3O2. The lowest BCUT2D eigenvalue weighted by atomic mass is 9.87. The normalized spacial score (nSPS) is 11.7. The average Bonchev–Trinajstić information content (AvgIpc) is 3.09. The molecule has 1 aromatic carbocycles. The van der Waals surface area contributed by atoms with Crippen molar-refractivity contribution in [3.8, 4) is 11.5 Å². The van der Waals surface area contributed by atoms with Gasteiger partial charge < -0.3 is 14.7 Å². The predicted molar refractivity (Wildman–Crippen MR) is 75.0 cm³/mol. The number of rotatable bonds is 3. The van der Waals surface area contributed by atoms with Gasteiger partial charge in [-0.1, -0.05) is 23.4 Å². The van der Waals surface area contributed by atoms with Crippen LogP contribution in [0.5, 0.6) is 0 Å². The fraction of sp³-hybridized carbons (Fsp3) is 0.200. The lowest BCUT2D eigenvalue weighted by molar-refractivity contribution is 0.383. The zero-order valence-electron chi connectivity index (χ0n) is 11.3. The standard InChI is InChI=1S/C15H15N3O2/c1-15(2,11-8-13(16)20-18-11)12-9-17-14(19-12)10-6-4-3-5-7-10/h3-9H,16H2,1-2H3. The molecule has 20 heavy (non-hydrogen) atoms. The van der Waals surface area contributed by atoms with Gasteiger partial charge in [0.2, 0.25) is 11.8 Å². The van der Waals surface area contributed by atoms with Crippen LogP contribution in [-0.2, 0) is 5.41 Å². The Labute approximate surface area is 116 Å². The molecule has 0 fully saturated rings. The Bertz CT molecular complexity index is 714. The van der Waals surface area contributed by atoms with E-state index in [1.807, 2.05) is 44.2 Å². The van der Waals surface area contributed by atoms with E-state index in [0.29, 0.717) is 17.3 Å². The largest absolute Gasteiger partial charge is 0.440 e. The summed E-state index contributed by atoms with van der Waals surface area (Å²) in [5.74, 6) is 1.59. The quantitative estimate of drug-likeness (QED) is 0.789. The van der Waals surface area contributed by atoms with Crippen LogP contribution >= 0.6 is 0 Å². The highest BCUT2D eigenvalue weighted by molar-refractivity contribution is 5.53. The third-order valence-corrected chi connectivity index (χ3v) is 3.31. The molecule has 0 bridgehead atoms. The summed E-state index contributed by atoms with van der Waals surface area (Å²) >= 11 is 0. The minimum atomic E-state index is -0.457. The number of hydrogen-bond acceptors (Lipinski definition) is 5. The van der Waals surface area contributed by atoms with E-state index in [2.05, 4.69) is 10.1 Å². The molecule has 0 atom stereocenters. The van der Waals surface area contributed by atoms with E-state index in [1.165, 1.54) is 0 Å². The van der Waals surface area contributed by atoms with Crippen LogP contribution in [-0.4, -0.2) is 10.1 Å². The third-order valence-electron chi connectivity index (χ3n) is 3.31. The fourth-order valence-electron chi connectivity index (χ4n) is 1.99. The third kappa shape index (κ3) is 2.07. The van der Waals surface area contributed by atoms with Crippen molar-refractivity contribution >= 4 is 5.88 Å². The molecule has 2 heterocycles. The van der Waals surface area contributed by atoms with Gasteiger partial charge in [-0.3, -0.25) is 0 Å². The van der Waals surface area contributed by atoms with E-state index in [9.17, 15) is 0 Å². The minimum Gasteiger partial charge on any atom is -0.440 e. The maximum absolute atomic E-state index is 5.86. The number of anilines is 1. The van der Waals surface area contributed by atoms with E-state index in [1.54, 1.807) is 12.3 Å². The van der Waals surface area contributed by atoms with Crippen molar-refractivity contribution in [1.82, 2.24) is 10.1 Å². The van der Waals surface area contributed by atoms with E-state index in [-0.39, 0.29) is 5.88 Å². The molecule has 0 aliphatic rings. The molecule has 2 aromatic heterocycles. The number of nitrogen functional groups attached to an aromatic ring is 1. The first kappa shape index (κ1) is 12.5. The summed E-state index contributed by atoms with van der Waals surface area (Å²) in [4.78, 5) is 4.33. The lowest BCUT2D eigenvalue weighted by Gasteiger charge is -2.17. The summed E-state index contributed by atoms with van der Waals surface area (Å²) in [6, 6.07) is 11.5. The van der Waals surface area contributed by atoms with E-state index >= 15 is 0 Å². The van der Waals surface area contributed by atoms with Gasteiger partial charge in [0.05, 0.1) is 17.3 Å². The van der Waals surface area contributed by atoms with E-state index in [4.69, 9.17) is 14.7 Å². The molecule has 0 aliphatic carbocycles. The van der Waals surface area contributed by atoms with Crippen molar-refractivity contribution in [2.45, 2.75) is 19.3 Å². The summed E-state index contributed by atoms with van der Waals surface area (Å²) in [6.45, 7) is 3.97. The van der Waals surface area contributed by atoms with Gasteiger partial charge in [-0.25, -0.2) is 4.98 Å². The molecule has 0 radical (unpaired) electrons. The molecule has 5 nitrogen and oxygen atoms in total. The predicted octanol–water partition coefficient (Wildman–Crippen LogP) is 3.24. The Kier molecular flexibility index (Phi) is 2.82. The molecule has 5 heteroatoms. The molecule has 0 spiro atoms. The first-order valence-corrected chi connectivity index (χ1v) is 6.32. The van der Waals surface area contributed by atoms with Crippen molar-refractivity contribution in [3.63, 3.8) is 0 Å². The topological polar surface area (TPSA) is 78.1 Å². The minimum absolute atomic E-state index is 0.288. The van der Waals surface area contributed by atoms with Crippen molar-refractivity contribution in [2.24, 2.45) is 0 Å². The SMILES string of the molecule is CC(C)(c1cc(N)on1)c1cnc(-c2ccccc2)o1. The highest BCUT2D eigenvalue weighted by Gasteiger charge is 2.31. The van der Waals surface area contributed by atoms with Crippen molar-refractivity contribution < 1.29 is 8.94 Å². The summed E-state index contributed by atoms with van der Waals surface area (Å²) in [6.07, 6.45) is 1.72. The molecule has 3 rings (SSSR count). The average molecular weight is 269 g/mol. The van der Waals surface area contributed by atoms with Gasteiger partial charge in [0.25, 0.3) is 0 Å². The van der Waals surface area contributed by atoms with Crippen molar-refractivity contribution in [1.29, 1.82) is 0 Å². The smallest absolute Gasteiger partial charge is 0.226 e. The first-order valence-electron chi connectivity index (χ1n) is 6.32. The zero-order chi connectivity index (χ0) is 14.2. The summed E-state index contributed by atoms with van der Waals surface area (Å²) in [5, 5.41) is 3.96. The molecule has 102 valence electrons. The second kappa shape index (κ2) is 4.52. The molecule has 0 unspecified atom stereocenters. The van der Waals surface area contributed by atoms with Gasteiger partial charge >= 0.3 is 0 Å². The Morgan fingerprint density at radius 1 is 1.15 bits per heavy atom. The monoisotopic (exact) mass is 269 g/mol. The van der Waals surface area contributed by atoms with Crippen LogP contribution < -0.4 is 5.73 Å². The lowest BCUT2D eigenvalue weighted by Crippen LogP contribution is -2.18. The molecular weight excluding hydrogens is 254 g/mol. The van der Waals surface area contributed by atoms with Crippen LogP contribution in [0.4, 0.5) is 5.88 Å². The van der Waals surface area contributed by atoms with Gasteiger partial charge in [-0.15, -0.1) is 0 Å². The Morgan fingerprint density at radius 2 is 1.90 bits per heavy atom. The highest BCUT2D eigenvalue weighted by Crippen LogP contribution is 2.33. The van der Waals surface area contributed by atoms with Gasteiger partial charge in [0.1, 0.15) is 5.76 Å². The van der Waals surface area contributed by atoms with Gasteiger partial charge in [-0.05, 0) is 26.0 Å². The van der Waals surface area contributed by atoms with Crippen LogP contribution in [0.2, 0.25) is 0 Å². The molecule has 0 amide bonds. The van der Waals surface area contributed by atoms with E-state index < -0.39 is 5.41 Å². The Hall–Kier alpha value is -2.56. The maximum Gasteiger partial charge on any atom is 0.226 e. The van der Waals surface area contributed by atoms with Crippen LogP contribution in [0.15, 0.2) is 51.5 Å². The van der Waals surface area contributed by atoms with E-state index in [0.717, 1.165) is 5.56 Å². The molecule has 0 saturated heterocycles. The molecule has 0 aliphatic heterocycles. The van der Waals surface area contributed by atoms with Gasteiger partial charge in [0, 0.05) is 11.6 Å². The van der Waals surface area contributed by atoms with Gasteiger partial charge in [-0.2, -0.15) is 0 Å². The molecule has 3 aromatic rings. The first-order chi connectivity index (χ1) is 9.57. The summed E-state index contributed by atoms with van der Waals surface area (Å²) < 4.78 is 10.8. The van der Waals surface area contributed by atoms with Crippen LogP contribution in [0, 0.1) is 0 Å². The van der Waals surface area contributed by atoms with Crippen molar-refractivity contribution in [3.05, 3.63) is 54.0 Å². The number of benzene rings is 1. The molecule has 2 N–H and O–H groups in total. The number of hydrogen-bond donors (Lipinski definition) is 1. The number of oxazole rings is 1. The Morgan fingerprint density at radius 3 is 2.55 bits per heavy atom. The number of nitrogens with two attached hydrogens (primary N) is 1. The second-order valence-electron chi connectivity index (χ2n) is 5.14. The van der Waals surface area contributed by atoms with Crippen LogP contribution in [0.3, 0.4) is 0 Å². The van der Waals surface area contributed by atoms with Gasteiger partial charge in [0.15, 0.2) is 0 Å². The zero-order valence-corrected chi connectivity index (χ0v) is 11.3. The highest BCUT2D eigenvalue weighted by atomic mass is 16.5. The number of aromatic nitrogens is 2. The van der Waals surface area contributed by atoms with Crippen LogP contribution in [0.25, 0.3) is 11.5 Å². The van der Waals surface area contributed by atoms with Crippen LogP contribution in [0.1, 0.15) is 25.3 Å².